The van der Waals surface area contributed by atoms with Gasteiger partial charge in [-0.3, -0.25) is 0 Å². The quantitative estimate of drug-likeness (QED) is 0.410. The van der Waals surface area contributed by atoms with E-state index in [4.69, 9.17) is 21.6 Å². The van der Waals surface area contributed by atoms with E-state index in [2.05, 4.69) is 4.98 Å². The van der Waals surface area contributed by atoms with Gasteiger partial charge in [0.2, 0.25) is 0 Å². The molecule has 0 fully saturated rings. The Labute approximate surface area is 165 Å². The van der Waals surface area contributed by atoms with Crippen LogP contribution in [0, 0.1) is 5.82 Å². The highest BCUT2D eigenvalue weighted by Gasteiger charge is 2.17. The molecule has 0 spiro atoms. The highest BCUT2D eigenvalue weighted by Crippen LogP contribution is 2.27. The van der Waals surface area contributed by atoms with Crippen LogP contribution in [0.25, 0.3) is 33.7 Å². The number of para-hydroxylation sites is 2. The number of imidazole rings is 1. The Hall–Kier alpha value is -3.31. The number of nitrogens with zero attached hydrogens (tertiary/aromatic N) is 4. The van der Waals surface area contributed by atoms with Crippen LogP contribution in [0.1, 0.15) is 5.56 Å². The summed E-state index contributed by atoms with van der Waals surface area (Å²) in [4.78, 5) is 14.2. The molecule has 5 rings (SSSR count). The SMILES string of the molecule is Fc1ccc(-c2nc3nc4ccccc4nc3n2Cc2ccccc2Cl)cc1. The van der Waals surface area contributed by atoms with E-state index in [0.29, 0.717) is 28.7 Å². The molecule has 6 heteroatoms. The van der Waals surface area contributed by atoms with Gasteiger partial charge in [0.15, 0.2) is 11.3 Å². The second kappa shape index (κ2) is 6.69. The number of benzene rings is 3. The van der Waals surface area contributed by atoms with Gasteiger partial charge < -0.3 is 4.57 Å². The van der Waals surface area contributed by atoms with E-state index in [1.165, 1.54) is 12.1 Å². The van der Waals surface area contributed by atoms with Crippen LogP contribution in [0.3, 0.4) is 0 Å². The molecule has 0 saturated carbocycles. The van der Waals surface area contributed by atoms with E-state index in [0.717, 1.165) is 22.2 Å². The number of hydrogen-bond donors (Lipinski definition) is 0. The predicted molar refractivity (Wildman–Crippen MR) is 109 cm³/mol. The first kappa shape index (κ1) is 16.8. The number of hydrogen-bond acceptors (Lipinski definition) is 3. The average molecular weight is 389 g/mol. The van der Waals surface area contributed by atoms with Crippen LogP contribution in [0.2, 0.25) is 5.02 Å². The Morgan fingerprint density at radius 1 is 0.786 bits per heavy atom. The Balaban J connectivity index is 1.78. The minimum atomic E-state index is -0.292. The van der Waals surface area contributed by atoms with Crippen molar-refractivity contribution in [1.82, 2.24) is 19.5 Å². The first-order valence-electron chi connectivity index (χ1n) is 8.81. The third-order valence-corrected chi connectivity index (χ3v) is 5.02. The molecule has 136 valence electrons. The molecule has 0 radical (unpaired) electrons. The van der Waals surface area contributed by atoms with Gasteiger partial charge >= 0.3 is 0 Å². The van der Waals surface area contributed by atoms with Crippen LogP contribution in [0.15, 0.2) is 72.8 Å². The fraction of sp³-hybridized carbons (Fsp3) is 0.0455. The molecule has 28 heavy (non-hydrogen) atoms. The van der Waals surface area contributed by atoms with E-state index in [9.17, 15) is 4.39 Å². The summed E-state index contributed by atoms with van der Waals surface area (Å²) >= 11 is 6.39. The monoisotopic (exact) mass is 388 g/mol. The maximum atomic E-state index is 13.4. The molecule has 0 unspecified atom stereocenters. The average Bonchev–Trinajstić information content (AvgIpc) is 3.06. The van der Waals surface area contributed by atoms with Gasteiger partial charge in [0.25, 0.3) is 0 Å². The molecule has 2 aromatic heterocycles. The lowest BCUT2D eigenvalue weighted by atomic mass is 10.2. The van der Waals surface area contributed by atoms with Crippen molar-refractivity contribution in [2.24, 2.45) is 0 Å². The Morgan fingerprint density at radius 3 is 2.21 bits per heavy atom. The van der Waals surface area contributed by atoms with Crippen LogP contribution in [0.4, 0.5) is 4.39 Å². The van der Waals surface area contributed by atoms with Gasteiger partial charge in [0.05, 0.1) is 17.6 Å². The molecule has 0 saturated heterocycles. The standard InChI is InChI=1S/C22H14ClFN4/c23-17-6-2-1-5-15(17)13-28-21(14-9-11-16(24)12-10-14)27-20-22(28)26-19-8-4-3-7-18(19)25-20/h1-12H,13H2. The van der Waals surface area contributed by atoms with Gasteiger partial charge in [-0.25, -0.2) is 19.3 Å². The van der Waals surface area contributed by atoms with E-state index in [1.54, 1.807) is 12.1 Å². The van der Waals surface area contributed by atoms with Crippen molar-refractivity contribution in [3.63, 3.8) is 0 Å². The Bertz CT molecular complexity index is 1310. The zero-order chi connectivity index (χ0) is 19.1. The van der Waals surface area contributed by atoms with Gasteiger partial charge in [0.1, 0.15) is 11.6 Å². The first-order chi connectivity index (χ1) is 13.7. The summed E-state index contributed by atoms with van der Waals surface area (Å²) in [7, 11) is 0. The smallest absolute Gasteiger partial charge is 0.198 e. The predicted octanol–water partition coefficient (Wildman–Crippen LogP) is 5.49. The van der Waals surface area contributed by atoms with Gasteiger partial charge in [-0.1, -0.05) is 41.9 Å². The summed E-state index contributed by atoms with van der Waals surface area (Å²) in [5.41, 5.74) is 4.52. The van der Waals surface area contributed by atoms with Gasteiger partial charge in [0, 0.05) is 10.6 Å². The number of rotatable bonds is 3. The zero-order valence-corrected chi connectivity index (χ0v) is 15.4. The van der Waals surface area contributed by atoms with E-state index < -0.39 is 0 Å². The van der Waals surface area contributed by atoms with E-state index in [1.807, 2.05) is 53.1 Å². The summed E-state index contributed by atoms with van der Waals surface area (Å²) < 4.78 is 15.4. The summed E-state index contributed by atoms with van der Waals surface area (Å²) in [6, 6.07) is 21.6. The minimum absolute atomic E-state index is 0.292. The maximum Gasteiger partial charge on any atom is 0.198 e. The van der Waals surface area contributed by atoms with Crippen molar-refractivity contribution in [2.75, 3.05) is 0 Å². The summed E-state index contributed by atoms with van der Waals surface area (Å²) in [6.07, 6.45) is 0. The molecule has 0 aliphatic rings. The normalized spacial score (nSPS) is 11.4. The van der Waals surface area contributed by atoms with Crippen LogP contribution in [-0.4, -0.2) is 19.5 Å². The number of aromatic nitrogens is 4. The zero-order valence-electron chi connectivity index (χ0n) is 14.7. The third-order valence-electron chi connectivity index (χ3n) is 4.65. The molecular formula is C22H14ClFN4. The first-order valence-corrected chi connectivity index (χ1v) is 9.19. The molecule has 0 atom stereocenters. The number of halogens is 2. The summed E-state index contributed by atoms with van der Waals surface area (Å²) in [5, 5.41) is 0.670. The van der Waals surface area contributed by atoms with E-state index >= 15 is 0 Å². The van der Waals surface area contributed by atoms with Crippen molar-refractivity contribution in [1.29, 1.82) is 0 Å². The van der Waals surface area contributed by atoms with E-state index in [-0.39, 0.29) is 5.82 Å². The molecule has 0 bridgehead atoms. The molecule has 0 amide bonds. The van der Waals surface area contributed by atoms with Crippen molar-refractivity contribution < 1.29 is 4.39 Å². The lowest BCUT2D eigenvalue weighted by molar-refractivity contribution is 0.628. The topological polar surface area (TPSA) is 43.6 Å². The lowest BCUT2D eigenvalue weighted by Crippen LogP contribution is -2.04. The van der Waals surface area contributed by atoms with Crippen LogP contribution in [0.5, 0.6) is 0 Å². The second-order valence-electron chi connectivity index (χ2n) is 6.48. The lowest BCUT2D eigenvalue weighted by Gasteiger charge is -2.10. The van der Waals surface area contributed by atoms with Crippen molar-refractivity contribution >= 4 is 33.9 Å². The molecule has 5 aromatic rings. The second-order valence-corrected chi connectivity index (χ2v) is 6.89. The van der Waals surface area contributed by atoms with Crippen molar-refractivity contribution in [3.05, 3.63) is 89.2 Å². The fourth-order valence-corrected chi connectivity index (χ4v) is 3.46. The molecule has 2 heterocycles. The van der Waals surface area contributed by atoms with Crippen molar-refractivity contribution in [3.8, 4) is 11.4 Å². The van der Waals surface area contributed by atoms with Gasteiger partial charge in [-0.05, 0) is 48.0 Å². The van der Waals surface area contributed by atoms with Crippen LogP contribution in [-0.2, 0) is 6.54 Å². The molecule has 3 aromatic carbocycles. The molecule has 0 aliphatic heterocycles. The minimum Gasteiger partial charge on any atom is -0.303 e. The highest BCUT2D eigenvalue weighted by molar-refractivity contribution is 6.31. The summed E-state index contributed by atoms with van der Waals surface area (Å²) in [6.45, 7) is 0.482. The van der Waals surface area contributed by atoms with Crippen LogP contribution < -0.4 is 0 Å². The van der Waals surface area contributed by atoms with Crippen molar-refractivity contribution in [2.45, 2.75) is 6.54 Å². The van der Waals surface area contributed by atoms with Gasteiger partial charge in [-0.15, -0.1) is 0 Å². The maximum absolute atomic E-state index is 13.4. The molecule has 4 nitrogen and oxygen atoms in total. The molecule has 0 aliphatic carbocycles. The summed E-state index contributed by atoms with van der Waals surface area (Å²) in [5.74, 6) is 0.379. The Morgan fingerprint density at radius 2 is 1.46 bits per heavy atom. The molecule has 0 N–H and O–H groups in total. The third kappa shape index (κ3) is 2.90. The van der Waals surface area contributed by atoms with Crippen LogP contribution >= 0.6 is 11.6 Å². The largest absolute Gasteiger partial charge is 0.303 e. The fourth-order valence-electron chi connectivity index (χ4n) is 3.26. The Kier molecular flexibility index (Phi) is 4.02. The number of fused-ring (bicyclic) bond motifs is 2. The highest BCUT2D eigenvalue weighted by atomic mass is 35.5. The molecular weight excluding hydrogens is 375 g/mol. The van der Waals surface area contributed by atoms with Gasteiger partial charge in [-0.2, -0.15) is 0 Å².